The van der Waals surface area contributed by atoms with Crippen LogP contribution in [-0.2, 0) is 6.42 Å². The van der Waals surface area contributed by atoms with Gasteiger partial charge in [0.25, 0.3) is 5.92 Å². The molecule has 1 aromatic carbocycles. The first kappa shape index (κ1) is 12.6. The van der Waals surface area contributed by atoms with Crippen LogP contribution in [0.4, 0.5) is 14.6 Å². The van der Waals surface area contributed by atoms with E-state index in [1.807, 2.05) is 0 Å². The van der Waals surface area contributed by atoms with Gasteiger partial charge in [0.15, 0.2) is 11.6 Å². The molecule has 2 aromatic rings. The third kappa shape index (κ3) is 1.94. The Morgan fingerprint density at radius 2 is 2.21 bits per heavy atom. The predicted octanol–water partition coefficient (Wildman–Crippen LogP) is 3.98. The van der Waals surface area contributed by atoms with Crippen LogP contribution in [-0.4, -0.2) is 11.1 Å². The van der Waals surface area contributed by atoms with Crippen molar-refractivity contribution in [1.82, 2.24) is 5.16 Å². The Morgan fingerprint density at radius 1 is 1.47 bits per heavy atom. The zero-order valence-corrected chi connectivity index (χ0v) is 11.7. The van der Waals surface area contributed by atoms with Gasteiger partial charge in [-0.2, -0.15) is 0 Å². The molecule has 0 fully saturated rings. The van der Waals surface area contributed by atoms with E-state index in [0.717, 1.165) is 11.4 Å². The minimum atomic E-state index is -2.83. The van der Waals surface area contributed by atoms with Crippen LogP contribution < -0.4 is 5.73 Å². The van der Waals surface area contributed by atoms with Gasteiger partial charge in [-0.05, 0) is 31.0 Å². The quantitative estimate of drug-likeness (QED) is 0.861. The standard InChI is InChI=1S/C13H11BrF2N2O/c1-13(15,16)10-5-9-11(19-18-12(9)17)8-4-6(14)2-3-7(8)10/h2-4,10H,5H2,1H3,(H2,17,18). The van der Waals surface area contributed by atoms with Crippen LogP contribution in [0, 0.1) is 0 Å². The molecule has 1 aliphatic carbocycles. The molecule has 1 heterocycles. The summed E-state index contributed by atoms with van der Waals surface area (Å²) in [6.45, 7) is 0.929. The molecule has 3 nitrogen and oxygen atoms in total. The van der Waals surface area contributed by atoms with Crippen molar-refractivity contribution in [3.8, 4) is 11.3 Å². The van der Waals surface area contributed by atoms with Crippen LogP contribution in [0.2, 0.25) is 0 Å². The molecule has 0 amide bonds. The number of nitrogen functional groups attached to an aromatic ring is 1. The van der Waals surface area contributed by atoms with Crippen LogP contribution in [0.5, 0.6) is 0 Å². The van der Waals surface area contributed by atoms with Crippen molar-refractivity contribution in [1.29, 1.82) is 0 Å². The van der Waals surface area contributed by atoms with Gasteiger partial charge in [0.05, 0.1) is 5.92 Å². The van der Waals surface area contributed by atoms with Crippen molar-refractivity contribution in [3.05, 3.63) is 33.8 Å². The van der Waals surface area contributed by atoms with Crippen molar-refractivity contribution >= 4 is 21.7 Å². The molecular formula is C13H11BrF2N2O. The number of rotatable bonds is 1. The first-order chi connectivity index (χ1) is 8.88. The minimum Gasteiger partial charge on any atom is -0.381 e. The Hall–Kier alpha value is -1.43. The summed E-state index contributed by atoms with van der Waals surface area (Å²) >= 11 is 3.34. The topological polar surface area (TPSA) is 52.0 Å². The lowest BCUT2D eigenvalue weighted by Crippen LogP contribution is -2.27. The molecule has 19 heavy (non-hydrogen) atoms. The molecule has 0 bridgehead atoms. The van der Waals surface area contributed by atoms with Crippen molar-refractivity contribution in [3.63, 3.8) is 0 Å². The van der Waals surface area contributed by atoms with Gasteiger partial charge in [-0.15, -0.1) is 0 Å². The van der Waals surface area contributed by atoms with E-state index in [4.69, 9.17) is 10.3 Å². The number of anilines is 1. The summed E-state index contributed by atoms with van der Waals surface area (Å²) in [5.41, 5.74) is 7.47. The van der Waals surface area contributed by atoms with E-state index in [1.165, 1.54) is 0 Å². The van der Waals surface area contributed by atoms with Crippen molar-refractivity contribution in [2.24, 2.45) is 0 Å². The first-order valence-corrected chi connectivity index (χ1v) is 6.59. The van der Waals surface area contributed by atoms with E-state index in [1.54, 1.807) is 18.2 Å². The van der Waals surface area contributed by atoms with E-state index >= 15 is 0 Å². The summed E-state index contributed by atoms with van der Waals surface area (Å²) < 4.78 is 33.6. The summed E-state index contributed by atoms with van der Waals surface area (Å²) in [5, 5.41) is 3.69. The number of nitrogens with two attached hydrogens (primary N) is 1. The molecule has 0 saturated carbocycles. The molecule has 0 saturated heterocycles. The molecule has 1 atom stereocenters. The third-order valence-corrected chi connectivity index (χ3v) is 3.97. The number of fused-ring (bicyclic) bond motifs is 3. The Morgan fingerprint density at radius 3 is 2.89 bits per heavy atom. The van der Waals surface area contributed by atoms with Crippen LogP contribution in [0.1, 0.15) is 24.0 Å². The van der Waals surface area contributed by atoms with Crippen LogP contribution in [0.15, 0.2) is 27.2 Å². The van der Waals surface area contributed by atoms with Crippen molar-refractivity contribution < 1.29 is 13.3 Å². The fourth-order valence-corrected chi connectivity index (χ4v) is 2.89. The summed E-state index contributed by atoms with van der Waals surface area (Å²) in [7, 11) is 0. The zero-order valence-electron chi connectivity index (χ0n) is 10.1. The SMILES string of the molecule is CC(F)(F)C1Cc2c(N)noc2-c2cc(Br)ccc21. The summed E-state index contributed by atoms with van der Waals surface area (Å²) in [6.07, 6.45) is 0.142. The maximum Gasteiger partial charge on any atom is 0.252 e. The second-order valence-electron chi connectivity index (χ2n) is 4.82. The van der Waals surface area contributed by atoms with Gasteiger partial charge in [0.1, 0.15) is 0 Å². The van der Waals surface area contributed by atoms with Gasteiger partial charge >= 0.3 is 0 Å². The largest absolute Gasteiger partial charge is 0.381 e. The number of aromatic nitrogens is 1. The zero-order chi connectivity index (χ0) is 13.8. The molecule has 2 N–H and O–H groups in total. The van der Waals surface area contributed by atoms with Gasteiger partial charge in [-0.25, -0.2) is 8.78 Å². The second kappa shape index (κ2) is 4.03. The summed E-state index contributed by atoms with van der Waals surface area (Å²) in [6, 6.07) is 5.21. The lowest BCUT2D eigenvalue weighted by Gasteiger charge is -2.29. The number of hydrogen-bond donors (Lipinski definition) is 1. The van der Waals surface area contributed by atoms with Gasteiger partial charge in [-0.3, -0.25) is 0 Å². The van der Waals surface area contributed by atoms with Gasteiger partial charge in [0.2, 0.25) is 0 Å². The average molecular weight is 329 g/mol. The maximum absolute atomic E-state index is 13.8. The number of hydrogen-bond acceptors (Lipinski definition) is 3. The maximum atomic E-state index is 13.8. The smallest absolute Gasteiger partial charge is 0.252 e. The molecule has 6 heteroatoms. The summed E-state index contributed by atoms with van der Waals surface area (Å²) in [5.74, 6) is -3.06. The Labute approximate surface area is 116 Å². The predicted molar refractivity (Wildman–Crippen MR) is 71.1 cm³/mol. The number of halogens is 3. The highest BCUT2D eigenvalue weighted by Crippen LogP contribution is 2.48. The molecule has 0 radical (unpaired) electrons. The Balaban J connectivity index is 2.26. The lowest BCUT2D eigenvalue weighted by molar-refractivity contribution is -0.00837. The van der Waals surface area contributed by atoms with E-state index in [9.17, 15) is 8.78 Å². The number of nitrogens with zero attached hydrogens (tertiary/aromatic N) is 1. The molecule has 1 unspecified atom stereocenters. The van der Waals surface area contributed by atoms with Crippen molar-refractivity contribution in [2.75, 3.05) is 5.73 Å². The molecule has 100 valence electrons. The second-order valence-corrected chi connectivity index (χ2v) is 5.74. The highest BCUT2D eigenvalue weighted by atomic mass is 79.9. The molecule has 0 spiro atoms. The van der Waals surface area contributed by atoms with E-state index in [2.05, 4.69) is 21.1 Å². The number of alkyl halides is 2. The Bertz CT molecular complexity index is 649. The minimum absolute atomic E-state index is 0.142. The van der Waals surface area contributed by atoms with Crippen molar-refractivity contribution in [2.45, 2.75) is 25.2 Å². The van der Waals surface area contributed by atoms with E-state index in [-0.39, 0.29) is 12.2 Å². The highest BCUT2D eigenvalue weighted by molar-refractivity contribution is 9.10. The molecule has 1 aliphatic rings. The lowest BCUT2D eigenvalue weighted by atomic mass is 9.79. The third-order valence-electron chi connectivity index (χ3n) is 3.47. The molecule has 0 aliphatic heterocycles. The van der Waals surface area contributed by atoms with Gasteiger partial charge in [-0.1, -0.05) is 27.2 Å². The van der Waals surface area contributed by atoms with Crippen LogP contribution in [0.3, 0.4) is 0 Å². The first-order valence-electron chi connectivity index (χ1n) is 5.79. The van der Waals surface area contributed by atoms with Crippen LogP contribution >= 0.6 is 15.9 Å². The highest BCUT2D eigenvalue weighted by Gasteiger charge is 2.42. The molecule has 1 aromatic heterocycles. The molecular weight excluding hydrogens is 318 g/mol. The van der Waals surface area contributed by atoms with Gasteiger partial charge in [0, 0.05) is 15.6 Å². The average Bonchev–Trinajstić information content (AvgIpc) is 2.69. The van der Waals surface area contributed by atoms with E-state index < -0.39 is 11.8 Å². The van der Waals surface area contributed by atoms with Gasteiger partial charge < -0.3 is 10.3 Å². The monoisotopic (exact) mass is 328 g/mol. The van der Waals surface area contributed by atoms with Crippen LogP contribution in [0.25, 0.3) is 11.3 Å². The fourth-order valence-electron chi connectivity index (χ4n) is 2.53. The summed E-state index contributed by atoms with van der Waals surface area (Å²) in [4.78, 5) is 0. The normalized spacial score (nSPS) is 18.0. The Kier molecular flexibility index (Phi) is 2.67. The number of benzene rings is 1. The van der Waals surface area contributed by atoms with E-state index in [0.29, 0.717) is 22.5 Å². The molecule has 3 rings (SSSR count). The fraction of sp³-hybridized carbons (Fsp3) is 0.308.